The number of rotatable bonds is 2. The van der Waals surface area contributed by atoms with Crippen molar-refractivity contribution in [1.29, 1.82) is 0 Å². The van der Waals surface area contributed by atoms with Gasteiger partial charge in [0.2, 0.25) is 0 Å². The van der Waals surface area contributed by atoms with Gasteiger partial charge in [-0.25, -0.2) is 22.2 Å². The summed E-state index contributed by atoms with van der Waals surface area (Å²) < 4.78 is 49.9. The summed E-state index contributed by atoms with van der Waals surface area (Å²) in [6, 6.07) is 7.98. The van der Waals surface area contributed by atoms with E-state index < -0.39 is 21.5 Å². The molecule has 0 aliphatic carbocycles. The Labute approximate surface area is 119 Å². The maximum atomic E-state index is 13.6. The van der Waals surface area contributed by atoms with Crippen LogP contribution in [0.4, 0.5) is 8.78 Å². The second-order valence-electron chi connectivity index (χ2n) is 4.67. The van der Waals surface area contributed by atoms with Gasteiger partial charge in [-0.2, -0.15) is 0 Å². The SMILES string of the molecule is CS(=O)(=O)c1cccc(-c2nc3c(F)cc(F)cc3[nH]2)c1. The molecule has 0 amide bonds. The molecule has 7 heteroatoms. The van der Waals surface area contributed by atoms with E-state index in [0.717, 1.165) is 18.4 Å². The van der Waals surface area contributed by atoms with Crippen LogP contribution in [0, 0.1) is 11.6 Å². The molecule has 0 saturated carbocycles. The van der Waals surface area contributed by atoms with Crippen molar-refractivity contribution >= 4 is 20.9 Å². The van der Waals surface area contributed by atoms with Crippen LogP contribution in [0.5, 0.6) is 0 Å². The maximum absolute atomic E-state index is 13.6. The van der Waals surface area contributed by atoms with Crippen molar-refractivity contribution in [2.45, 2.75) is 4.90 Å². The average Bonchev–Trinajstić information content (AvgIpc) is 2.82. The highest BCUT2D eigenvalue weighted by molar-refractivity contribution is 7.90. The smallest absolute Gasteiger partial charge is 0.175 e. The molecule has 0 saturated heterocycles. The van der Waals surface area contributed by atoms with Crippen LogP contribution in [0.15, 0.2) is 41.3 Å². The second kappa shape index (κ2) is 4.63. The number of nitrogens with zero attached hydrogens (tertiary/aromatic N) is 1. The molecular weight excluding hydrogens is 298 g/mol. The number of nitrogens with one attached hydrogen (secondary N) is 1. The molecule has 1 N–H and O–H groups in total. The molecule has 0 fully saturated rings. The fourth-order valence-electron chi connectivity index (χ4n) is 2.05. The van der Waals surface area contributed by atoms with Gasteiger partial charge in [-0.1, -0.05) is 12.1 Å². The Hall–Kier alpha value is -2.28. The van der Waals surface area contributed by atoms with Crippen LogP contribution in [0.3, 0.4) is 0 Å². The van der Waals surface area contributed by atoms with Crippen LogP contribution < -0.4 is 0 Å². The lowest BCUT2D eigenvalue weighted by Gasteiger charge is -2.00. The van der Waals surface area contributed by atoms with E-state index in [1.165, 1.54) is 12.1 Å². The molecule has 0 atom stereocenters. The highest BCUT2D eigenvalue weighted by Gasteiger charge is 2.13. The first-order chi connectivity index (χ1) is 9.84. The predicted molar refractivity (Wildman–Crippen MR) is 74.6 cm³/mol. The molecule has 0 aliphatic heterocycles. The summed E-state index contributed by atoms with van der Waals surface area (Å²) in [4.78, 5) is 6.97. The number of hydrogen-bond acceptors (Lipinski definition) is 3. The largest absolute Gasteiger partial charge is 0.338 e. The van der Waals surface area contributed by atoms with Crippen LogP contribution in [-0.4, -0.2) is 24.6 Å². The number of aromatic nitrogens is 2. The third-order valence-corrected chi connectivity index (χ3v) is 4.15. The number of hydrogen-bond donors (Lipinski definition) is 1. The average molecular weight is 308 g/mol. The van der Waals surface area contributed by atoms with Gasteiger partial charge >= 0.3 is 0 Å². The molecular formula is C14H10F2N2O2S. The van der Waals surface area contributed by atoms with Crippen molar-refractivity contribution < 1.29 is 17.2 Å². The lowest BCUT2D eigenvalue weighted by molar-refractivity contribution is 0.590. The van der Waals surface area contributed by atoms with Crippen molar-refractivity contribution in [3.8, 4) is 11.4 Å². The summed E-state index contributed by atoms with van der Waals surface area (Å²) in [5.41, 5.74) is 0.706. The minimum absolute atomic E-state index is 0.0103. The summed E-state index contributed by atoms with van der Waals surface area (Å²) in [7, 11) is -3.35. The van der Waals surface area contributed by atoms with E-state index in [0.29, 0.717) is 5.56 Å². The molecule has 0 unspecified atom stereocenters. The van der Waals surface area contributed by atoms with Crippen molar-refractivity contribution in [3.63, 3.8) is 0 Å². The number of aromatic amines is 1. The van der Waals surface area contributed by atoms with Gasteiger partial charge in [0.05, 0.1) is 10.4 Å². The van der Waals surface area contributed by atoms with Crippen LogP contribution in [0.1, 0.15) is 0 Å². The quantitative estimate of drug-likeness (QED) is 0.792. The first-order valence-corrected chi connectivity index (χ1v) is 7.89. The zero-order valence-corrected chi connectivity index (χ0v) is 11.7. The Kier molecular flexibility index (Phi) is 3.02. The summed E-state index contributed by atoms with van der Waals surface area (Å²) in [5, 5.41) is 0. The molecule has 0 spiro atoms. The number of fused-ring (bicyclic) bond motifs is 1. The fraction of sp³-hybridized carbons (Fsp3) is 0.0714. The Balaban J connectivity index is 2.19. The standard InChI is InChI=1S/C14H10F2N2O2S/c1-21(19,20)10-4-2-3-8(5-10)14-17-12-7-9(15)6-11(16)13(12)18-14/h2-7H,1H3,(H,17,18). The lowest BCUT2D eigenvalue weighted by atomic mass is 10.2. The van der Waals surface area contributed by atoms with Crippen LogP contribution in [0.2, 0.25) is 0 Å². The molecule has 108 valence electrons. The normalized spacial score (nSPS) is 12.0. The molecule has 1 heterocycles. The van der Waals surface area contributed by atoms with E-state index in [4.69, 9.17) is 0 Å². The minimum atomic E-state index is -3.35. The van der Waals surface area contributed by atoms with E-state index in [1.807, 2.05) is 0 Å². The first kappa shape index (κ1) is 13.7. The number of benzene rings is 2. The Bertz CT molecular complexity index is 949. The first-order valence-electron chi connectivity index (χ1n) is 6.00. The molecule has 3 rings (SSSR count). The number of H-pyrrole nitrogens is 1. The maximum Gasteiger partial charge on any atom is 0.175 e. The summed E-state index contributed by atoms with van der Waals surface area (Å²) in [6.07, 6.45) is 1.10. The summed E-state index contributed by atoms with van der Waals surface area (Å²) in [5.74, 6) is -1.20. The summed E-state index contributed by atoms with van der Waals surface area (Å²) >= 11 is 0. The fourth-order valence-corrected chi connectivity index (χ4v) is 2.72. The highest BCUT2D eigenvalue weighted by atomic mass is 32.2. The van der Waals surface area contributed by atoms with Gasteiger partial charge in [-0.05, 0) is 18.2 Å². The van der Waals surface area contributed by atoms with Gasteiger partial charge in [0, 0.05) is 17.9 Å². The molecule has 1 aromatic heterocycles. The molecule has 0 aliphatic rings. The molecule has 21 heavy (non-hydrogen) atoms. The van der Waals surface area contributed by atoms with E-state index in [1.54, 1.807) is 12.1 Å². The van der Waals surface area contributed by atoms with Crippen molar-refractivity contribution in [2.75, 3.05) is 6.26 Å². The zero-order valence-electron chi connectivity index (χ0n) is 10.9. The predicted octanol–water partition coefficient (Wildman–Crippen LogP) is 2.91. The lowest BCUT2D eigenvalue weighted by Crippen LogP contribution is -1.97. The van der Waals surface area contributed by atoms with E-state index >= 15 is 0 Å². The number of sulfone groups is 1. The summed E-state index contributed by atoms with van der Waals surface area (Å²) in [6.45, 7) is 0. The van der Waals surface area contributed by atoms with Gasteiger partial charge in [0.25, 0.3) is 0 Å². The third-order valence-electron chi connectivity index (χ3n) is 3.04. The van der Waals surface area contributed by atoms with Crippen molar-refractivity contribution in [1.82, 2.24) is 9.97 Å². The van der Waals surface area contributed by atoms with Crippen molar-refractivity contribution in [3.05, 3.63) is 48.0 Å². The Morgan fingerprint density at radius 1 is 1.14 bits per heavy atom. The minimum Gasteiger partial charge on any atom is -0.338 e. The number of halogens is 2. The van der Waals surface area contributed by atoms with Crippen LogP contribution in [-0.2, 0) is 9.84 Å². The third kappa shape index (κ3) is 2.52. The highest BCUT2D eigenvalue weighted by Crippen LogP contribution is 2.24. The van der Waals surface area contributed by atoms with Gasteiger partial charge in [-0.3, -0.25) is 0 Å². The van der Waals surface area contributed by atoms with Gasteiger partial charge < -0.3 is 4.98 Å². The Morgan fingerprint density at radius 3 is 2.62 bits per heavy atom. The van der Waals surface area contributed by atoms with Crippen molar-refractivity contribution in [2.24, 2.45) is 0 Å². The van der Waals surface area contributed by atoms with E-state index in [-0.39, 0.29) is 21.8 Å². The zero-order chi connectivity index (χ0) is 15.2. The topological polar surface area (TPSA) is 62.8 Å². The molecule has 0 bridgehead atoms. The van der Waals surface area contributed by atoms with Crippen LogP contribution in [0.25, 0.3) is 22.4 Å². The van der Waals surface area contributed by atoms with E-state index in [9.17, 15) is 17.2 Å². The Morgan fingerprint density at radius 2 is 1.90 bits per heavy atom. The number of imidazole rings is 1. The monoisotopic (exact) mass is 308 g/mol. The van der Waals surface area contributed by atoms with E-state index in [2.05, 4.69) is 9.97 Å². The molecule has 3 aromatic rings. The van der Waals surface area contributed by atoms with Gasteiger partial charge in [0.15, 0.2) is 15.7 Å². The molecule has 4 nitrogen and oxygen atoms in total. The van der Waals surface area contributed by atoms with Gasteiger partial charge in [0.1, 0.15) is 17.2 Å². The van der Waals surface area contributed by atoms with Crippen LogP contribution >= 0.6 is 0 Å². The second-order valence-corrected chi connectivity index (χ2v) is 6.68. The molecule has 0 radical (unpaired) electrons. The van der Waals surface area contributed by atoms with Gasteiger partial charge in [-0.15, -0.1) is 0 Å². The molecule has 2 aromatic carbocycles.